The highest BCUT2D eigenvalue weighted by atomic mass is 16.3. The Kier molecular flexibility index (Phi) is 3.53. The molecule has 0 bridgehead atoms. The molecule has 1 N–H and O–H groups in total. The minimum absolute atomic E-state index is 0.0765. The average molecular weight is 262 g/mol. The molecule has 0 fully saturated rings. The number of hydrogen-bond donors (Lipinski definition) is 1. The van der Waals surface area contributed by atoms with Crippen LogP contribution in [0.5, 0.6) is 0 Å². The maximum atomic E-state index is 12.4. The Bertz CT molecular complexity index is 620. The molecule has 0 spiro atoms. The number of hydrogen-bond acceptors (Lipinski definition) is 4. The molecule has 0 aliphatic heterocycles. The van der Waals surface area contributed by atoms with Crippen LogP contribution in [0.4, 0.5) is 0 Å². The molecule has 1 atom stereocenters. The van der Waals surface area contributed by atoms with Gasteiger partial charge in [0.1, 0.15) is 5.56 Å². The lowest BCUT2D eigenvalue weighted by atomic mass is 10.2. The van der Waals surface area contributed by atoms with E-state index in [9.17, 15) is 4.79 Å². The SMILES string of the molecule is Cc1cc(C)n2ncc(C(=O)N(C)C(C)CO)c2n1. The van der Waals surface area contributed by atoms with E-state index in [-0.39, 0.29) is 18.6 Å². The van der Waals surface area contributed by atoms with Gasteiger partial charge in [0.25, 0.3) is 5.91 Å². The first-order valence-electron chi connectivity index (χ1n) is 6.15. The summed E-state index contributed by atoms with van der Waals surface area (Å²) in [6, 6.07) is 1.67. The molecule has 2 heterocycles. The van der Waals surface area contributed by atoms with Gasteiger partial charge in [0.15, 0.2) is 5.65 Å². The van der Waals surface area contributed by atoms with Crippen molar-refractivity contribution in [2.24, 2.45) is 0 Å². The Hall–Kier alpha value is -1.95. The van der Waals surface area contributed by atoms with E-state index < -0.39 is 0 Å². The van der Waals surface area contributed by atoms with Crippen LogP contribution in [0.1, 0.15) is 28.7 Å². The van der Waals surface area contributed by atoms with Crippen LogP contribution in [0.3, 0.4) is 0 Å². The predicted molar refractivity (Wildman–Crippen MR) is 71.1 cm³/mol. The molecule has 0 aliphatic carbocycles. The van der Waals surface area contributed by atoms with Crippen molar-refractivity contribution in [1.29, 1.82) is 0 Å². The second kappa shape index (κ2) is 4.97. The Labute approximate surface area is 111 Å². The summed E-state index contributed by atoms with van der Waals surface area (Å²) in [7, 11) is 1.66. The fourth-order valence-electron chi connectivity index (χ4n) is 1.93. The lowest BCUT2D eigenvalue weighted by Crippen LogP contribution is -2.37. The van der Waals surface area contributed by atoms with Crippen LogP contribution in [-0.2, 0) is 0 Å². The standard InChI is InChI=1S/C13H18N4O2/c1-8-5-9(2)17-12(15-8)11(6-14-17)13(19)16(4)10(3)7-18/h5-6,10,18H,7H2,1-4H3. The molecule has 1 unspecified atom stereocenters. The predicted octanol–water partition coefficient (Wildman–Crippen LogP) is 0.799. The smallest absolute Gasteiger partial charge is 0.259 e. The topological polar surface area (TPSA) is 70.7 Å². The Morgan fingerprint density at radius 2 is 2.21 bits per heavy atom. The molecule has 102 valence electrons. The van der Waals surface area contributed by atoms with Gasteiger partial charge in [0, 0.05) is 18.4 Å². The van der Waals surface area contributed by atoms with Crippen LogP contribution in [-0.4, -0.2) is 50.2 Å². The van der Waals surface area contributed by atoms with E-state index in [1.54, 1.807) is 18.5 Å². The van der Waals surface area contributed by atoms with E-state index in [1.807, 2.05) is 19.9 Å². The lowest BCUT2D eigenvalue weighted by molar-refractivity contribution is 0.0684. The van der Waals surface area contributed by atoms with Crippen molar-refractivity contribution in [1.82, 2.24) is 19.5 Å². The Morgan fingerprint density at radius 3 is 2.84 bits per heavy atom. The molecule has 6 heteroatoms. The maximum Gasteiger partial charge on any atom is 0.259 e. The van der Waals surface area contributed by atoms with Crippen LogP contribution in [0, 0.1) is 13.8 Å². The first-order valence-corrected chi connectivity index (χ1v) is 6.15. The third-order valence-electron chi connectivity index (χ3n) is 3.25. The number of likely N-dealkylation sites (N-methyl/N-ethyl adjacent to an activating group) is 1. The zero-order valence-corrected chi connectivity index (χ0v) is 11.6. The first-order chi connectivity index (χ1) is 8.95. The van der Waals surface area contributed by atoms with Gasteiger partial charge < -0.3 is 10.0 Å². The second-order valence-electron chi connectivity index (χ2n) is 4.78. The second-order valence-corrected chi connectivity index (χ2v) is 4.78. The minimum Gasteiger partial charge on any atom is -0.394 e. The van der Waals surface area contributed by atoms with E-state index in [0.29, 0.717) is 11.2 Å². The fourth-order valence-corrected chi connectivity index (χ4v) is 1.93. The van der Waals surface area contributed by atoms with Crippen molar-refractivity contribution in [3.63, 3.8) is 0 Å². The fraction of sp³-hybridized carbons (Fsp3) is 0.462. The molecule has 6 nitrogen and oxygen atoms in total. The highest BCUT2D eigenvalue weighted by molar-refractivity contribution is 5.99. The summed E-state index contributed by atoms with van der Waals surface area (Å²) in [5.74, 6) is -0.186. The summed E-state index contributed by atoms with van der Waals surface area (Å²) in [4.78, 5) is 18.2. The molecule has 19 heavy (non-hydrogen) atoms. The summed E-state index contributed by atoms with van der Waals surface area (Å²) >= 11 is 0. The van der Waals surface area contributed by atoms with Gasteiger partial charge in [0.2, 0.25) is 0 Å². The molecular weight excluding hydrogens is 244 g/mol. The molecule has 0 saturated heterocycles. The monoisotopic (exact) mass is 262 g/mol. The normalized spacial score (nSPS) is 12.7. The quantitative estimate of drug-likeness (QED) is 0.888. The number of carbonyl (C=O) groups excluding carboxylic acids is 1. The number of fused-ring (bicyclic) bond motifs is 1. The molecule has 2 aromatic heterocycles. The van der Waals surface area contributed by atoms with E-state index in [0.717, 1.165) is 11.4 Å². The van der Waals surface area contributed by atoms with Gasteiger partial charge in [-0.3, -0.25) is 4.79 Å². The molecule has 0 radical (unpaired) electrons. The number of aromatic nitrogens is 3. The molecule has 0 aliphatic rings. The number of aliphatic hydroxyl groups is 1. The molecule has 0 saturated carbocycles. The third-order valence-corrected chi connectivity index (χ3v) is 3.25. The van der Waals surface area contributed by atoms with Crippen LogP contribution in [0.2, 0.25) is 0 Å². The Balaban J connectivity index is 2.49. The molecule has 2 rings (SSSR count). The number of rotatable bonds is 3. The van der Waals surface area contributed by atoms with Gasteiger partial charge in [0.05, 0.1) is 18.8 Å². The number of nitrogens with zero attached hydrogens (tertiary/aromatic N) is 4. The number of aryl methyl sites for hydroxylation is 2. The van der Waals surface area contributed by atoms with Crippen molar-refractivity contribution < 1.29 is 9.90 Å². The van der Waals surface area contributed by atoms with Gasteiger partial charge >= 0.3 is 0 Å². The summed E-state index contributed by atoms with van der Waals surface area (Å²) in [5.41, 5.74) is 2.78. The summed E-state index contributed by atoms with van der Waals surface area (Å²) in [6.07, 6.45) is 1.53. The van der Waals surface area contributed by atoms with Gasteiger partial charge in [-0.15, -0.1) is 0 Å². The summed E-state index contributed by atoms with van der Waals surface area (Å²) in [6.45, 7) is 5.51. The van der Waals surface area contributed by atoms with Crippen molar-refractivity contribution in [2.75, 3.05) is 13.7 Å². The molecule has 0 aromatic carbocycles. The summed E-state index contributed by atoms with van der Waals surface area (Å²) < 4.78 is 1.65. The van der Waals surface area contributed by atoms with Crippen LogP contribution in [0.15, 0.2) is 12.3 Å². The van der Waals surface area contributed by atoms with Crippen LogP contribution in [0.25, 0.3) is 5.65 Å². The molecule has 1 amide bonds. The van der Waals surface area contributed by atoms with Crippen molar-refractivity contribution in [2.45, 2.75) is 26.8 Å². The van der Waals surface area contributed by atoms with Crippen molar-refractivity contribution >= 4 is 11.6 Å². The Morgan fingerprint density at radius 1 is 1.53 bits per heavy atom. The van der Waals surface area contributed by atoms with E-state index in [1.165, 1.54) is 11.1 Å². The van der Waals surface area contributed by atoms with Crippen LogP contribution < -0.4 is 0 Å². The van der Waals surface area contributed by atoms with E-state index >= 15 is 0 Å². The van der Waals surface area contributed by atoms with E-state index in [4.69, 9.17) is 5.11 Å². The lowest BCUT2D eigenvalue weighted by Gasteiger charge is -2.22. The van der Waals surface area contributed by atoms with Gasteiger partial charge in [-0.05, 0) is 26.8 Å². The summed E-state index contributed by atoms with van der Waals surface area (Å²) in [5, 5.41) is 13.3. The van der Waals surface area contributed by atoms with Gasteiger partial charge in [-0.2, -0.15) is 5.10 Å². The molecular formula is C13H18N4O2. The average Bonchev–Trinajstić information content (AvgIpc) is 2.79. The molecule has 2 aromatic rings. The minimum atomic E-state index is -0.242. The van der Waals surface area contributed by atoms with E-state index in [2.05, 4.69) is 10.1 Å². The van der Waals surface area contributed by atoms with Gasteiger partial charge in [-0.1, -0.05) is 0 Å². The zero-order valence-electron chi connectivity index (χ0n) is 11.6. The number of carbonyl (C=O) groups is 1. The van der Waals surface area contributed by atoms with Crippen molar-refractivity contribution in [3.05, 3.63) is 29.2 Å². The zero-order chi connectivity index (χ0) is 14.2. The third kappa shape index (κ3) is 2.31. The highest BCUT2D eigenvalue weighted by Crippen LogP contribution is 2.14. The highest BCUT2D eigenvalue weighted by Gasteiger charge is 2.21. The number of aliphatic hydroxyl groups excluding tert-OH is 1. The van der Waals surface area contributed by atoms with Crippen molar-refractivity contribution in [3.8, 4) is 0 Å². The number of amides is 1. The first kappa shape index (κ1) is 13.5. The largest absolute Gasteiger partial charge is 0.394 e. The van der Waals surface area contributed by atoms with Gasteiger partial charge in [-0.25, -0.2) is 9.50 Å². The van der Waals surface area contributed by atoms with Crippen LogP contribution >= 0.6 is 0 Å². The maximum absolute atomic E-state index is 12.4.